The predicted octanol–water partition coefficient (Wildman–Crippen LogP) is 2.94. The summed E-state index contributed by atoms with van der Waals surface area (Å²) in [6, 6.07) is 14.9. The molecule has 4 rings (SSSR count). The first-order valence-corrected chi connectivity index (χ1v) is 11.6. The lowest BCUT2D eigenvalue weighted by molar-refractivity contribution is -0.137. The van der Waals surface area contributed by atoms with Gasteiger partial charge in [0.05, 0.1) is 6.54 Å². The Balaban J connectivity index is 1.33. The first-order chi connectivity index (χ1) is 16.6. The topological polar surface area (TPSA) is 110 Å². The van der Waals surface area contributed by atoms with Crippen LogP contribution in [0.5, 0.6) is 11.5 Å². The molecule has 0 atom stereocenters. The molecule has 2 heterocycles. The number of carbonyl (C=O) groups is 3. The molecule has 0 fully saturated rings. The highest BCUT2D eigenvalue weighted by atomic mass is 32.1. The summed E-state index contributed by atoms with van der Waals surface area (Å²) in [7, 11) is 0. The number of aromatic nitrogens is 1. The maximum absolute atomic E-state index is 12.9. The van der Waals surface area contributed by atoms with Crippen LogP contribution in [0.2, 0.25) is 0 Å². The lowest BCUT2D eigenvalue weighted by atomic mass is 10.2. The molecule has 2 aromatic carbocycles. The van der Waals surface area contributed by atoms with Crippen LogP contribution in [-0.2, 0) is 27.5 Å². The molecule has 0 radical (unpaired) electrons. The van der Waals surface area contributed by atoms with E-state index in [1.807, 2.05) is 42.5 Å². The molecule has 3 aromatic rings. The summed E-state index contributed by atoms with van der Waals surface area (Å²) in [5, 5.41) is 7.74. The Morgan fingerprint density at radius 3 is 2.59 bits per heavy atom. The van der Waals surface area contributed by atoms with E-state index in [1.165, 1.54) is 16.2 Å². The number of ether oxygens (including phenoxy) is 2. The van der Waals surface area contributed by atoms with Crippen LogP contribution in [0.25, 0.3) is 0 Å². The fourth-order valence-electron chi connectivity index (χ4n) is 3.36. The quantitative estimate of drug-likeness (QED) is 0.462. The van der Waals surface area contributed by atoms with Crippen molar-refractivity contribution in [2.24, 2.45) is 0 Å². The van der Waals surface area contributed by atoms with Crippen molar-refractivity contribution in [3.8, 4) is 11.5 Å². The van der Waals surface area contributed by atoms with Gasteiger partial charge in [-0.2, -0.15) is 0 Å². The molecule has 3 amide bonds. The van der Waals surface area contributed by atoms with Gasteiger partial charge in [-0.3, -0.25) is 14.4 Å². The average Bonchev–Trinajstić information content (AvgIpc) is 3.53. The van der Waals surface area contributed by atoms with Crippen LogP contribution in [0.3, 0.4) is 0 Å². The van der Waals surface area contributed by atoms with Crippen LogP contribution in [0, 0.1) is 0 Å². The first-order valence-electron chi connectivity index (χ1n) is 10.7. The van der Waals surface area contributed by atoms with E-state index >= 15 is 0 Å². The number of hydrogen-bond donors (Lipinski definition) is 2. The number of rotatable bonds is 10. The Morgan fingerprint density at radius 2 is 1.79 bits per heavy atom. The van der Waals surface area contributed by atoms with Crippen LogP contribution in [-0.4, -0.2) is 40.9 Å². The molecule has 1 aromatic heterocycles. The Kier molecular flexibility index (Phi) is 7.71. The highest BCUT2D eigenvalue weighted by Crippen LogP contribution is 2.32. The maximum atomic E-state index is 12.9. The Bertz CT molecular complexity index is 1140. The highest BCUT2D eigenvalue weighted by Gasteiger charge is 2.19. The molecule has 9 nitrogen and oxygen atoms in total. The standard InChI is InChI=1S/C24H24N4O5S/c29-21(27-24-25-10-11-34-24)8-9-23(31)28(14-17-4-2-1-3-5-17)15-22(30)26-13-18-6-7-19-20(12-18)33-16-32-19/h1-7,10-12H,8-9,13-16H2,(H,26,30)(H,25,27,29). The van der Waals surface area contributed by atoms with E-state index in [0.29, 0.717) is 23.2 Å². The van der Waals surface area contributed by atoms with E-state index in [1.54, 1.807) is 17.6 Å². The number of nitrogens with zero attached hydrogens (tertiary/aromatic N) is 2. The highest BCUT2D eigenvalue weighted by molar-refractivity contribution is 7.13. The molecule has 0 bridgehead atoms. The van der Waals surface area contributed by atoms with Crippen molar-refractivity contribution in [1.82, 2.24) is 15.2 Å². The largest absolute Gasteiger partial charge is 0.454 e. The summed E-state index contributed by atoms with van der Waals surface area (Å²) in [4.78, 5) is 43.2. The zero-order valence-electron chi connectivity index (χ0n) is 18.4. The number of anilines is 1. The van der Waals surface area contributed by atoms with E-state index in [4.69, 9.17) is 9.47 Å². The van der Waals surface area contributed by atoms with Gasteiger partial charge < -0.3 is 25.0 Å². The van der Waals surface area contributed by atoms with E-state index in [-0.39, 0.29) is 50.4 Å². The number of carbonyl (C=O) groups excluding carboxylic acids is 3. The van der Waals surface area contributed by atoms with Crippen molar-refractivity contribution in [1.29, 1.82) is 0 Å². The van der Waals surface area contributed by atoms with Crippen molar-refractivity contribution in [2.75, 3.05) is 18.7 Å². The fourth-order valence-corrected chi connectivity index (χ4v) is 3.91. The Labute approximate surface area is 200 Å². The van der Waals surface area contributed by atoms with Crippen molar-refractivity contribution in [3.63, 3.8) is 0 Å². The minimum atomic E-state index is -0.297. The van der Waals surface area contributed by atoms with Gasteiger partial charge in [0.2, 0.25) is 24.5 Å². The monoisotopic (exact) mass is 480 g/mol. The Hall–Kier alpha value is -3.92. The number of nitrogens with one attached hydrogen (secondary N) is 2. The van der Waals surface area contributed by atoms with E-state index in [9.17, 15) is 14.4 Å². The van der Waals surface area contributed by atoms with Crippen molar-refractivity contribution in [3.05, 3.63) is 71.2 Å². The van der Waals surface area contributed by atoms with Crippen LogP contribution < -0.4 is 20.1 Å². The van der Waals surface area contributed by atoms with Crippen LogP contribution in [0.1, 0.15) is 24.0 Å². The third-order valence-corrected chi connectivity index (χ3v) is 5.76. The number of benzene rings is 2. The second kappa shape index (κ2) is 11.3. The van der Waals surface area contributed by atoms with E-state index in [0.717, 1.165) is 11.1 Å². The molecule has 176 valence electrons. The second-order valence-electron chi connectivity index (χ2n) is 7.59. The zero-order valence-corrected chi connectivity index (χ0v) is 19.2. The van der Waals surface area contributed by atoms with Crippen LogP contribution >= 0.6 is 11.3 Å². The fraction of sp³-hybridized carbons (Fsp3) is 0.250. The third-order valence-electron chi connectivity index (χ3n) is 5.07. The van der Waals surface area contributed by atoms with Gasteiger partial charge in [-0.1, -0.05) is 36.4 Å². The minimum Gasteiger partial charge on any atom is -0.454 e. The van der Waals surface area contributed by atoms with Crippen LogP contribution in [0.15, 0.2) is 60.1 Å². The van der Waals surface area contributed by atoms with Gasteiger partial charge in [0, 0.05) is 37.5 Å². The van der Waals surface area contributed by atoms with Gasteiger partial charge >= 0.3 is 0 Å². The summed E-state index contributed by atoms with van der Waals surface area (Å²) in [6.07, 6.45) is 1.58. The second-order valence-corrected chi connectivity index (χ2v) is 8.48. The van der Waals surface area contributed by atoms with Gasteiger partial charge in [-0.15, -0.1) is 11.3 Å². The van der Waals surface area contributed by atoms with Crippen molar-refractivity contribution in [2.45, 2.75) is 25.9 Å². The van der Waals surface area contributed by atoms with Crippen LogP contribution in [0.4, 0.5) is 5.13 Å². The predicted molar refractivity (Wildman–Crippen MR) is 126 cm³/mol. The van der Waals surface area contributed by atoms with Gasteiger partial charge in [-0.05, 0) is 23.3 Å². The summed E-state index contributed by atoms with van der Waals surface area (Å²) < 4.78 is 10.7. The van der Waals surface area contributed by atoms with Gasteiger partial charge in [0.1, 0.15) is 0 Å². The molecule has 1 aliphatic rings. The zero-order chi connectivity index (χ0) is 23.8. The average molecular weight is 481 g/mol. The number of fused-ring (bicyclic) bond motifs is 1. The summed E-state index contributed by atoms with van der Waals surface area (Å²) in [5.74, 6) is 0.443. The molecule has 0 spiro atoms. The molecule has 0 unspecified atom stereocenters. The van der Waals surface area contributed by atoms with Crippen molar-refractivity contribution >= 4 is 34.2 Å². The molecular formula is C24H24N4O5S. The number of hydrogen-bond acceptors (Lipinski definition) is 7. The Morgan fingerprint density at radius 1 is 0.971 bits per heavy atom. The van der Waals surface area contributed by atoms with Crippen molar-refractivity contribution < 1.29 is 23.9 Å². The van der Waals surface area contributed by atoms with Gasteiger partial charge in [0.25, 0.3) is 0 Å². The lowest BCUT2D eigenvalue weighted by Crippen LogP contribution is -2.40. The minimum absolute atomic E-state index is 0.00250. The molecule has 0 saturated carbocycles. The lowest BCUT2D eigenvalue weighted by Gasteiger charge is -2.22. The number of amides is 3. The SMILES string of the molecule is O=C(CN(Cc1ccccc1)C(=O)CCC(=O)Nc1nccs1)NCc1ccc2c(c1)OCO2. The first kappa shape index (κ1) is 23.2. The summed E-state index contributed by atoms with van der Waals surface area (Å²) >= 11 is 1.31. The molecule has 1 aliphatic heterocycles. The van der Waals surface area contributed by atoms with E-state index < -0.39 is 0 Å². The molecule has 10 heteroatoms. The number of thiazole rings is 1. The maximum Gasteiger partial charge on any atom is 0.239 e. The van der Waals surface area contributed by atoms with Gasteiger partial charge in [-0.25, -0.2) is 4.98 Å². The molecule has 2 N–H and O–H groups in total. The molecule has 0 saturated heterocycles. The smallest absolute Gasteiger partial charge is 0.239 e. The molecule has 0 aliphatic carbocycles. The normalized spacial score (nSPS) is 11.6. The molecular weight excluding hydrogens is 456 g/mol. The third kappa shape index (κ3) is 6.55. The van der Waals surface area contributed by atoms with E-state index in [2.05, 4.69) is 15.6 Å². The van der Waals surface area contributed by atoms with Gasteiger partial charge in [0.15, 0.2) is 16.6 Å². The summed E-state index contributed by atoms with van der Waals surface area (Å²) in [5.41, 5.74) is 1.75. The summed E-state index contributed by atoms with van der Waals surface area (Å²) in [6.45, 7) is 0.625. The molecule has 34 heavy (non-hydrogen) atoms.